The molecule has 2 N–H and O–H groups in total. The van der Waals surface area contributed by atoms with E-state index in [4.69, 9.17) is 9.26 Å². The van der Waals surface area contributed by atoms with Crippen molar-refractivity contribution in [2.24, 2.45) is 4.99 Å². The summed E-state index contributed by atoms with van der Waals surface area (Å²) in [6, 6.07) is 0. The monoisotopic (exact) mass is 502 g/mol. The third-order valence-corrected chi connectivity index (χ3v) is 4.39. The van der Waals surface area contributed by atoms with Crippen LogP contribution in [-0.2, 0) is 34.0 Å². The third kappa shape index (κ3) is 9.72. The lowest BCUT2D eigenvalue weighted by molar-refractivity contribution is 0.154. The molecule has 1 aromatic heterocycles. The van der Waals surface area contributed by atoms with E-state index in [1.165, 1.54) is 6.26 Å². The molecule has 0 bridgehead atoms. The Kier molecular flexibility index (Phi) is 12.9. The van der Waals surface area contributed by atoms with Crippen LogP contribution in [0.4, 0.5) is 0 Å². The number of nitrogens with one attached hydrogen (secondary N) is 2. The number of aromatic nitrogens is 1. The van der Waals surface area contributed by atoms with Crippen molar-refractivity contribution < 1.29 is 17.7 Å². The second-order valence-corrected chi connectivity index (χ2v) is 7.86. The molecule has 0 spiro atoms. The van der Waals surface area contributed by atoms with Crippen LogP contribution in [0.25, 0.3) is 0 Å². The molecular formula is C16H31IN4O4S. The normalized spacial score (nSPS) is 11.9. The van der Waals surface area contributed by atoms with E-state index in [1.807, 2.05) is 20.8 Å². The number of hydrogen-bond acceptors (Lipinski definition) is 6. The molecule has 0 saturated heterocycles. The molecule has 10 heteroatoms. The molecule has 0 fully saturated rings. The van der Waals surface area contributed by atoms with Gasteiger partial charge in [0.05, 0.1) is 31.2 Å². The number of aliphatic imine (C=N–C) groups is 1. The first-order chi connectivity index (χ1) is 11.9. The van der Waals surface area contributed by atoms with E-state index in [-0.39, 0.29) is 36.3 Å². The summed E-state index contributed by atoms with van der Waals surface area (Å²) in [5, 5.41) is 10.4. The van der Waals surface area contributed by atoms with Crippen LogP contribution in [0.15, 0.2) is 9.52 Å². The van der Waals surface area contributed by atoms with Gasteiger partial charge in [0.25, 0.3) is 0 Å². The van der Waals surface area contributed by atoms with Gasteiger partial charge in [0.2, 0.25) is 0 Å². The third-order valence-electron chi connectivity index (χ3n) is 3.48. The predicted octanol–water partition coefficient (Wildman–Crippen LogP) is 1.53. The number of aryl methyl sites for hydroxylation is 2. The molecule has 1 rings (SSSR count). The summed E-state index contributed by atoms with van der Waals surface area (Å²) >= 11 is 0. The molecule has 0 aliphatic carbocycles. The number of sulfone groups is 1. The minimum atomic E-state index is -2.98. The number of nitrogens with zero attached hydrogens (tertiary/aromatic N) is 2. The predicted molar refractivity (Wildman–Crippen MR) is 114 cm³/mol. The average molecular weight is 502 g/mol. The minimum absolute atomic E-state index is 0. The van der Waals surface area contributed by atoms with Crippen LogP contribution in [0.3, 0.4) is 0 Å². The van der Waals surface area contributed by atoms with Gasteiger partial charge in [0, 0.05) is 31.3 Å². The van der Waals surface area contributed by atoms with Gasteiger partial charge in [-0.3, -0.25) is 0 Å². The fourth-order valence-electron chi connectivity index (χ4n) is 2.17. The average Bonchev–Trinajstić information content (AvgIpc) is 2.96. The molecule has 152 valence electrons. The first-order valence-corrected chi connectivity index (χ1v) is 10.7. The molecule has 0 atom stereocenters. The number of rotatable bonds is 11. The van der Waals surface area contributed by atoms with Crippen LogP contribution in [-0.4, -0.2) is 57.8 Å². The highest BCUT2D eigenvalue weighted by Crippen LogP contribution is 2.16. The largest absolute Gasteiger partial charge is 0.379 e. The minimum Gasteiger partial charge on any atom is -0.379 e. The van der Waals surface area contributed by atoms with Crippen LogP contribution in [0, 0.1) is 0 Å². The van der Waals surface area contributed by atoms with Crippen molar-refractivity contribution in [1.82, 2.24) is 15.8 Å². The molecule has 0 aliphatic heterocycles. The maximum atomic E-state index is 11.0. The van der Waals surface area contributed by atoms with Crippen LogP contribution in [0.5, 0.6) is 0 Å². The Labute approximate surface area is 173 Å². The molecule has 0 aliphatic rings. The van der Waals surface area contributed by atoms with E-state index >= 15 is 0 Å². The van der Waals surface area contributed by atoms with Crippen molar-refractivity contribution in [2.75, 3.05) is 38.3 Å². The van der Waals surface area contributed by atoms with Crippen LogP contribution < -0.4 is 10.6 Å². The smallest absolute Gasteiger partial charge is 0.191 e. The summed E-state index contributed by atoms with van der Waals surface area (Å²) < 4.78 is 32.7. The maximum absolute atomic E-state index is 11.0. The number of hydrogen-bond donors (Lipinski definition) is 2. The van der Waals surface area contributed by atoms with Gasteiger partial charge in [-0.05, 0) is 13.3 Å². The van der Waals surface area contributed by atoms with E-state index in [0.29, 0.717) is 25.7 Å². The molecule has 0 saturated carbocycles. The van der Waals surface area contributed by atoms with Gasteiger partial charge in [-0.15, -0.1) is 24.0 Å². The molecule has 8 nitrogen and oxygen atoms in total. The lowest BCUT2D eigenvalue weighted by Gasteiger charge is -2.11. The van der Waals surface area contributed by atoms with Crippen molar-refractivity contribution in [3.05, 3.63) is 17.0 Å². The summed E-state index contributed by atoms with van der Waals surface area (Å²) in [4.78, 5) is 4.57. The quantitative estimate of drug-likeness (QED) is 0.205. The second-order valence-electron chi connectivity index (χ2n) is 5.60. The highest BCUT2D eigenvalue weighted by molar-refractivity contribution is 14.0. The zero-order valence-corrected chi connectivity index (χ0v) is 19.1. The van der Waals surface area contributed by atoms with Crippen LogP contribution in [0.2, 0.25) is 0 Å². The van der Waals surface area contributed by atoms with Crippen molar-refractivity contribution >= 4 is 39.8 Å². The van der Waals surface area contributed by atoms with Gasteiger partial charge in [0.1, 0.15) is 15.6 Å². The second kappa shape index (κ2) is 13.3. The van der Waals surface area contributed by atoms with Gasteiger partial charge in [-0.1, -0.05) is 19.0 Å². The van der Waals surface area contributed by atoms with Crippen LogP contribution >= 0.6 is 24.0 Å². The molecular weight excluding hydrogens is 471 g/mol. The van der Waals surface area contributed by atoms with Crippen molar-refractivity contribution in [3.8, 4) is 0 Å². The molecule has 0 aromatic carbocycles. The molecule has 1 heterocycles. The summed E-state index contributed by atoms with van der Waals surface area (Å²) in [7, 11) is -2.98. The van der Waals surface area contributed by atoms with Gasteiger partial charge in [-0.25, -0.2) is 13.4 Å². The Morgan fingerprint density at radius 1 is 1.19 bits per heavy atom. The first-order valence-electron chi connectivity index (χ1n) is 8.65. The van der Waals surface area contributed by atoms with Crippen molar-refractivity contribution in [1.29, 1.82) is 0 Å². The lowest BCUT2D eigenvalue weighted by atomic mass is 10.1. The van der Waals surface area contributed by atoms with E-state index in [0.717, 1.165) is 36.4 Å². The fraction of sp³-hybridized carbons (Fsp3) is 0.750. The number of halogens is 1. The van der Waals surface area contributed by atoms with E-state index in [2.05, 4.69) is 20.8 Å². The topological polar surface area (TPSA) is 106 Å². The van der Waals surface area contributed by atoms with Crippen molar-refractivity contribution in [2.45, 2.75) is 40.2 Å². The Morgan fingerprint density at radius 3 is 2.50 bits per heavy atom. The molecule has 0 radical (unpaired) electrons. The molecule has 0 amide bonds. The number of guanidine groups is 1. The molecule has 26 heavy (non-hydrogen) atoms. The summed E-state index contributed by atoms with van der Waals surface area (Å²) in [5.41, 5.74) is 1.99. The zero-order valence-electron chi connectivity index (χ0n) is 16.0. The lowest BCUT2D eigenvalue weighted by Crippen LogP contribution is -2.39. The van der Waals surface area contributed by atoms with Crippen molar-refractivity contribution in [3.63, 3.8) is 0 Å². The summed E-state index contributed by atoms with van der Waals surface area (Å²) in [5.74, 6) is 1.59. The zero-order chi connectivity index (χ0) is 18.7. The Hall–Kier alpha value is -0.880. The summed E-state index contributed by atoms with van der Waals surface area (Å²) in [6.07, 6.45) is 2.80. The first kappa shape index (κ1) is 25.1. The highest BCUT2D eigenvalue weighted by Gasteiger charge is 2.13. The van der Waals surface area contributed by atoms with Gasteiger partial charge < -0.3 is 19.9 Å². The van der Waals surface area contributed by atoms with Gasteiger partial charge in [0.15, 0.2) is 5.96 Å². The molecule has 0 unspecified atom stereocenters. The maximum Gasteiger partial charge on any atom is 0.191 e. The SMILES string of the molecule is CCNC(=NCc1c(CC)noc1CC)NCCOCCS(C)(=O)=O.I. The van der Waals surface area contributed by atoms with Gasteiger partial charge >= 0.3 is 0 Å². The fourth-order valence-corrected chi connectivity index (χ4v) is 2.59. The summed E-state index contributed by atoms with van der Waals surface area (Å²) in [6.45, 7) is 8.47. The molecule has 1 aromatic rings. The van der Waals surface area contributed by atoms with Crippen LogP contribution in [0.1, 0.15) is 37.8 Å². The Balaban J connectivity index is 0.00000625. The Bertz CT molecular complexity index is 625. The van der Waals surface area contributed by atoms with E-state index in [9.17, 15) is 8.42 Å². The highest BCUT2D eigenvalue weighted by atomic mass is 127. The van der Waals surface area contributed by atoms with E-state index < -0.39 is 9.84 Å². The number of ether oxygens (including phenoxy) is 1. The Morgan fingerprint density at radius 2 is 1.92 bits per heavy atom. The van der Waals surface area contributed by atoms with E-state index in [1.54, 1.807) is 0 Å². The van der Waals surface area contributed by atoms with Gasteiger partial charge in [-0.2, -0.15) is 0 Å². The standard InChI is InChI=1S/C16H30N4O4S.HI/c1-5-14-13(15(6-2)24-20-14)12-19-16(17-7-3)18-8-9-23-10-11-25(4,21)22;/h5-12H2,1-4H3,(H2,17,18,19);1H.